The SMILES string of the molecule is COC1(c2nsc(NC3CC3)n2)CCCCC1. The molecule has 94 valence electrons. The first kappa shape index (κ1) is 11.4. The average molecular weight is 253 g/mol. The van der Waals surface area contributed by atoms with Crippen LogP contribution in [0.4, 0.5) is 5.13 Å². The molecule has 1 heterocycles. The Bertz CT molecular complexity index is 383. The maximum absolute atomic E-state index is 5.75. The van der Waals surface area contributed by atoms with Gasteiger partial charge in [-0.25, -0.2) is 4.98 Å². The molecule has 4 nitrogen and oxygen atoms in total. The van der Waals surface area contributed by atoms with E-state index in [1.807, 2.05) is 0 Å². The maximum atomic E-state index is 5.75. The van der Waals surface area contributed by atoms with Crippen LogP contribution in [0.3, 0.4) is 0 Å². The van der Waals surface area contributed by atoms with E-state index in [4.69, 9.17) is 4.74 Å². The normalized spacial score (nSPS) is 23.6. The van der Waals surface area contributed by atoms with Crippen LogP contribution in [-0.2, 0) is 10.3 Å². The molecule has 1 aromatic rings. The standard InChI is InChI=1S/C12H19N3OS/c1-16-12(7-3-2-4-8-12)10-14-11(17-15-10)13-9-5-6-9/h9H,2-8H2,1H3,(H,13,14,15). The number of methoxy groups -OCH3 is 1. The number of rotatable bonds is 4. The molecule has 0 atom stereocenters. The molecule has 0 spiro atoms. The van der Waals surface area contributed by atoms with Gasteiger partial charge in [-0.15, -0.1) is 0 Å². The zero-order valence-corrected chi connectivity index (χ0v) is 11.1. The summed E-state index contributed by atoms with van der Waals surface area (Å²) in [6.45, 7) is 0. The Morgan fingerprint density at radius 1 is 1.29 bits per heavy atom. The highest BCUT2D eigenvalue weighted by Crippen LogP contribution is 2.39. The molecule has 0 radical (unpaired) electrons. The van der Waals surface area contributed by atoms with Crippen molar-refractivity contribution in [2.75, 3.05) is 12.4 Å². The summed E-state index contributed by atoms with van der Waals surface area (Å²) in [7, 11) is 1.79. The van der Waals surface area contributed by atoms with E-state index in [0.29, 0.717) is 6.04 Å². The number of nitrogens with zero attached hydrogens (tertiary/aromatic N) is 2. The van der Waals surface area contributed by atoms with E-state index in [1.54, 1.807) is 7.11 Å². The number of aromatic nitrogens is 2. The molecule has 2 aliphatic rings. The molecule has 0 unspecified atom stereocenters. The van der Waals surface area contributed by atoms with Crippen LogP contribution in [0.1, 0.15) is 50.8 Å². The molecule has 17 heavy (non-hydrogen) atoms. The van der Waals surface area contributed by atoms with E-state index in [-0.39, 0.29) is 5.60 Å². The minimum atomic E-state index is -0.210. The smallest absolute Gasteiger partial charge is 0.202 e. The minimum absolute atomic E-state index is 0.210. The lowest BCUT2D eigenvalue weighted by Crippen LogP contribution is -2.32. The van der Waals surface area contributed by atoms with Crippen LogP contribution in [0, 0.1) is 0 Å². The van der Waals surface area contributed by atoms with E-state index in [0.717, 1.165) is 23.8 Å². The summed E-state index contributed by atoms with van der Waals surface area (Å²) < 4.78 is 10.3. The molecule has 0 aromatic carbocycles. The molecular formula is C12H19N3OS. The number of hydrogen-bond acceptors (Lipinski definition) is 5. The van der Waals surface area contributed by atoms with Gasteiger partial charge in [0, 0.05) is 24.7 Å². The van der Waals surface area contributed by atoms with Gasteiger partial charge < -0.3 is 10.1 Å². The van der Waals surface area contributed by atoms with Gasteiger partial charge in [0.05, 0.1) is 0 Å². The zero-order valence-electron chi connectivity index (χ0n) is 10.2. The minimum Gasteiger partial charge on any atom is -0.370 e. The van der Waals surface area contributed by atoms with Gasteiger partial charge in [0.25, 0.3) is 0 Å². The van der Waals surface area contributed by atoms with Gasteiger partial charge in [-0.3, -0.25) is 0 Å². The van der Waals surface area contributed by atoms with Crippen molar-refractivity contribution in [3.8, 4) is 0 Å². The Morgan fingerprint density at radius 3 is 2.71 bits per heavy atom. The van der Waals surface area contributed by atoms with Crippen LogP contribution >= 0.6 is 11.5 Å². The van der Waals surface area contributed by atoms with Crippen molar-refractivity contribution >= 4 is 16.7 Å². The molecule has 5 heteroatoms. The molecule has 2 saturated carbocycles. The summed E-state index contributed by atoms with van der Waals surface area (Å²) in [5.41, 5.74) is -0.210. The number of ether oxygens (including phenoxy) is 1. The van der Waals surface area contributed by atoms with Gasteiger partial charge in [0.15, 0.2) is 5.82 Å². The molecule has 0 bridgehead atoms. The Kier molecular flexibility index (Phi) is 3.04. The van der Waals surface area contributed by atoms with Crippen LogP contribution in [-0.4, -0.2) is 22.5 Å². The fourth-order valence-corrected chi connectivity index (χ4v) is 3.24. The second-order valence-electron chi connectivity index (χ2n) is 5.10. The third-order valence-corrected chi connectivity index (χ3v) is 4.44. The third-order valence-electron chi connectivity index (χ3n) is 3.79. The van der Waals surface area contributed by atoms with Crippen molar-refractivity contribution in [3.63, 3.8) is 0 Å². The molecule has 3 rings (SSSR count). The second-order valence-corrected chi connectivity index (χ2v) is 5.85. The highest BCUT2D eigenvalue weighted by atomic mass is 32.1. The largest absolute Gasteiger partial charge is 0.370 e. The Morgan fingerprint density at radius 2 is 2.06 bits per heavy atom. The molecule has 1 N–H and O–H groups in total. The average Bonchev–Trinajstić information content (AvgIpc) is 3.06. The van der Waals surface area contributed by atoms with Gasteiger partial charge in [-0.2, -0.15) is 4.37 Å². The van der Waals surface area contributed by atoms with E-state index in [2.05, 4.69) is 14.7 Å². The molecule has 0 saturated heterocycles. The van der Waals surface area contributed by atoms with Gasteiger partial charge in [0.1, 0.15) is 5.60 Å². The topological polar surface area (TPSA) is 47.0 Å². The number of hydrogen-bond donors (Lipinski definition) is 1. The van der Waals surface area contributed by atoms with E-state index < -0.39 is 0 Å². The second kappa shape index (κ2) is 4.53. The van der Waals surface area contributed by atoms with Crippen LogP contribution in [0.2, 0.25) is 0 Å². The Labute approximate surface area is 106 Å². The van der Waals surface area contributed by atoms with Gasteiger partial charge in [-0.05, 0) is 25.7 Å². The fourth-order valence-electron chi connectivity index (χ4n) is 2.51. The summed E-state index contributed by atoms with van der Waals surface area (Å²) in [6.07, 6.45) is 8.40. The van der Waals surface area contributed by atoms with Gasteiger partial charge >= 0.3 is 0 Å². The van der Waals surface area contributed by atoms with Crippen molar-refractivity contribution in [1.82, 2.24) is 9.36 Å². The lowest BCUT2D eigenvalue weighted by atomic mass is 9.84. The highest BCUT2D eigenvalue weighted by Gasteiger charge is 2.38. The predicted octanol–water partition coefficient (Wildman–Crippen LogP) is 2.92. The third kappa shape index (κ3) is 2.31. The van der Waals surface area contributed by atoms with E-state index in [1.165, 1.54) is 43.6 Å². The van der Waals surface area contributed by atoms with E-state index in [9.17, 15) is 0 Å². The molecule has 0 amide bonds. The van der Waals surface area contributed by atoms with Crippen molar-refractivity contribution in [1.29, 1.82) is 0 Å². The molecule has 2 fully saturated rings. The number of anilines is 1. The fraction of sp³-hybridized carbons (Fsp3) is 0.833. The highest BCUT2D eigenvalue weighted by molar-refractivity contribution is 7.09. The van der Waals surface area contributed by atoms with Crippen molar-refractivity contribution in [3.05, 3.63) is 5.82 Å². The summed E-state index contributed by atoms with van der Waals surface area (Å²) >= 11 is 1.47. The summed E-state index contributed by atoms with van der Waals surface area (Å²) in [6, 6.07) is 0.639. The molecular weight excluding hydrogens is 234 g/mol. The van der Waals surface area contributed by atoms with Crippen molar-refractivity contribution < 1.29 is 4.74 Å². The first-order chi connectivity index (χ1) is 8.32. The van der Waals surface area contributed by atoms with Crippen LogP contribution in [0.25, 0.3) is 0 Å². The summed E-state index contributed by atoms with van der Waals surface area (Å²) in [5.74, 6) is 0.896. The van der Waals surface area contributed by atoms with E-state index >= 15 is 0 Å². The number of nitrogens with one attached hydrogen (secondary N) is 1. The summed E-state index contributed by atoms with van der Waals surface area (Å²) in [4.78, 5) is 4.63. The van der Waals surface area contributed by atoms with Crippen LogP contribution < -0.4 is 5.32 Å². The molecule has 2 aliphatic carbocycles. The monoisotopic (exact) mass is 253 g/mol. The lowest BCUT2D eigenvalue weighted by molar-refractivity contribution is -0.0505. The van der Waals surface area contributed by atoms with Crippen molar-refractivity contribution in [2.24, 2.45) is 0 Å². The van der Waals surface area contributed by atoms with Crippen molar-refractivity contribution in [2.45, 2.75) is 56.6 Å². The molecule has 0 aliphatic heterocycles. The summed E-state index contributed by atoms with van der Waals surface area (Å²) in [5, 5.41) is 4.37. The van der Waals surface area contributed by atoms with Crippen LogP contribution in [0.5, 0.6) is 0 Å². The van der Waals surface area contributed by atoms with Gasteiger partial charge in [-0.1, -0.05) is 19.3 Å². The Balaban J connectivity index is 1.77. The first-order valence-corrected chi connectivity index (χ1v) is 7.26. The lowest BCUT2D eigenvalue weighted by Gasteiger charge is -2.33. The van der Waals surface area contributed by atoms with Crippen LogP contribution in [0.15, 0.2) is 0 Å². The maximum Gasteiger partial charge on any atom is 0.202 e. The van der Waals surface area contributed by atoms with Gasteiger partial charge in [0.2, 0.25) is 5.13 Å². The quantitative estimate of drug-likeness (QED) is 0.896. The first-order valence-electron chi connectivity index (χ1n) is 6.48. The Hall–Kier alpha value is -0.680. The zero-order chi connectivity index (χ0) is 11.7. The molecule has 1 aromatic heterocycles. The predicted molar refractivity (Wildman–Crippen MR) is 68.3 cm³/mol.